The minimum absolute atomic E-state index is 0.0154. The van der Waals surface area contributed by atoms with E-state index in [9.17, 15) is 9.59 Å². The summed E-state index contributed by atoms with van der Waals surface area (Å²) in [5.41, 5.74) is 3.31. The average molecular weight is 415 g/mol. The maximum Gasteiger partial charge on any atom is 0.242 e. The summed E-state index contributed by atoms with van der Waals surface area (Å²) in [5.74, 6) is -0.140. The van der Waals surface area contributed by atoms with Gasteiger partial charge in [-0.15, -0.1) is 0 Å². The van der Waals surface area contributed by atoms with Crippen molar-refractivity contribution in [2.24, 2.45) is 0 Å². The zero-order valence-electron chi connectivity index (χ0n) is 18.0. The molecule has 1 atom stereocenters. The molecule has 2 amide bonds. The van der Waals surface area contributed by atoms with E-state index in [1.807, 2.05) is 91.0 Å². The summed E-state index contributed by atoms with van der Waals surface area (Å²) >= 11 is 0. The Balaban J connectivity index is 1.62. The van der Waals surface area contributed by atoms with E-state index in [4.69, 9.17) is 0 Å². The first-order chi connectivity index (χ1) is 15.1. The summed E-state index contributed by atoms with van der Waals surface area (Å²) in [6, 6.07) is 29.3. The van der Waals surface area contributed by atoms with Gasteiger partial charge in [-0.3, -0.25) is 9.59 Å². The Morgan fingerprint density at radius 2 is 1.23 bits per heavy atom. The zero-order chi connectivity index (χ0) is 21.9. The van der Waals surface area contributed by atoms with Crippen LogP contribution in [0.3, 0.4) is 0 Å². The molecule has 1 N–H and O–H groups in total. The number of carbonyl (C=O) groups is 2. The molecule has 0 aliphatic rings. The lowest BCUT2D eigenvalue weighted by Crippen LogP contribution is -2.48. The normalized spacial score (nSPS) is 11.5. The molecule has 0 saturated carbocycles. The predicted octanol–water partition coefficient (Wildman–Crippen LogP) is 4.40. The van der Waals surface area contributed by atoms with Crippen LogP contribution in [-0.2, 0) is 29.0 Å². The molecule has 0 aromatic heterocycles. The van der Waals surface area contributed by atoms with E-state index in [1.165, 1.54) is 5.56 Å². The van der Waals surface area contributed by atoms with Crippen LogP contribution in [0, 0.1) is 0 Å². The van der Waals surface area contributed by atoms with Gasteiger partial charge in [0.2, 0.25) is 11.8 Å². The van der Waals surface area contributed by atoms with Gasteiger partial charge in [-0.25, -0.2) is 0 Å². The number of amides is 2. The fraction of sp³-hybridized carbons (Fsp3) is 0.259. The standard InChI is InChI=1S/C27H30N2O2/c1-22(27(31)28-20-19-24-13-7-3-8-14-24)29(21-25-15-9-4-10-16-25)26(30)18-17-23-11-5-2-6-12-23/h2-16,22H,17-21H2,1H3,(H,28,31)/t22-/m1/s1. The number of nitrogens with one attached hydrogen (secondary N) is 1. The van der Waals surface area contributed by atoms with Crippen LogP contribution >= 0.6 is 0 Å². The van der Waals surface area contributed by atoms with Crippen LogP contribution in [0.5, 0.6) is 0 Å². The van der Waals surface area contributed by atoms with Crippen LogP contribution in [0.4, 0.5) is 0 Å². The van der Waals surface area contributed by atoms with Crippen molar-refractivity contribution in [1.29, 1.82) is 0 Å². The van der Waals surface area contributed by atoms with Crippen molar-refractivity contribution in [3.63, 3.8) is 0 Å². The topological polar surface area (TPSA) is 49.4 Å². The van der Waals surface area contributed by atoms with Gasteiger partial charge in [0.05, 0.1) is 0 Å². The molecular weight excluding hydrogens is 384 g/mol. The number of aryl methyl sites for hydroxylation is 1. The Morgan fingerprint density at radius 3 is 1.77 bits per heavy atom. The van der Waals surface area contributed by atoms with Crippen LogP contribution in [0.1, 0.15) is 30.0 Å². The predicted molar refractivity (Wildman–Crippen MR) is 124 cm³/mol. The molecule has 0 fully saturated rings. The smallest absolute Gasteiger partial charge is 0.242 e. The zero-order valence-corrected chi connectivity index (χ0v) is 18.0. The molecule has 0 radical (unpaired) electrons. The van der Waals surface area contributed by atoms with Crippen LogP contribution in [0.25, 0.3) is 0 Å². The molecule has 160 valence electrons. The summed E-state index contributed by atoms with van der Waals surface area (Å²) in [6.07, 6.45) is 1.80. The Hall–Kier alpha value is -3.40. The lowest BCUT2D eigenvalue weighted by Gasteiger charge is -2.29. The van der Waals surface area contributed by atoms with E-state index < -0.39 is 6.04 Å². The molecule has 0 heterocycles. The third kappa shape index (κ3) is 7.10. The van der Waals surface area contributed by atoms with E-state index in [0.29, 0.717) is 25.9 Å². The van der Waals surface area contributed by atoms with Gasteiger partial charge in [-0.1, -0.05) is 91.0 Å². The van der Waals surface area contributed by atoms with E-state index in [0.717, 1.165) is 17.5 Å². The second kappa shape index (κ2) is 11.7. The summed E-state index contributed by atoms with van der Waals surface area (Å²) in [6.45, 7) is 2.77. The first-order valence-electron chi connectivity index (χ1n) is 10.8. The first kappa shape index (κ1) is 22.3. The molecule has 3 aromatic rings. The fourth-order valence-corrected chi connectivity index (χ4v) is 3.52. The number of hydrogen-bond acceptors (Lipinski definition) is 2. The first-order valence-corrected chi connectivity index (χ1v) is 10.8. The molecule has 0 saturated heterocycles. The highest BCUT2D eigenvalue weighted by Gasteiger charge is 2.25. The Bertz CT molecular complexity index is 943. The van der Waals surface area contributed by atoms with Gasteiger partial charge in [0.1, 0.15) is 6.04 Å². The van der Waals surface area contributed by atoms with Gasteiger partial charge in [-0.05, 0) is 36.5 Å². The summed E-state index contributed by atoms with van der Waals surface area (Å²) in [5, 5.41) is 2.99. The number of hydrogen-bond donors (Lipinski definition) is 1. The number of rotatable bonds is 10. The number of nitrogens with zero attached hydrogens (tertiary/aromatic N) is 1. The number of benzene rings is 3. The molecule has 3 rings (SSSR count). The van der Waals surface area contributed by atoms with Crippen molar-refractivity contribution in [2.45, 2.75) is 38.8 Å². The molecule has 0 aliphatic carbocycles. The van der Waals surface area contributed by atoms with Crippen molar-refractivity contribution in [3.05, 3.63) is 108 Å². The summed E-state index contributed by atoms with van der Waals surface area (Å²) in [4.78, 5) is 27.6. The molecular formula is C27H30N2O2. The highest BCUT2D eigenvalue weighted by atomic mass is 16.2. The van der Waals surface area contributed by atoms with Crippen LogP contribution in [0.2, 0.25) is 0 Å². The van der Waals surface area contributed by atoms with Crippen LogP contribution in [0.15, 0.2) is 91.0 Å². The molecule has 4 nitrogen and oxygen atoms in total. The minimum Gasteiger partial charge on any atom is -0.354 e. The van der Waals surface area contributed by atoms with E-state index in [2.05, 4.69) is 5.32 Å². The van der Waals surface area contributed by atoms with Gasteiger partial charge in [0, 0.05) is 19.5 Å². The van der Waals surface area contributed by atoms with Crippen LogP contribution in [-0.4, -0.2) is 29.3 Å². The highest BCUT2D eigenvalue weighted by molar-refractivity contribution is 5.87. The highest BCUT2D eigenvalue weighted by Crippen LogP contribution is 2.13. The minimum atomic E-state index is -0.542. The largest absolute Gasteiger partial charge is 0.354 e. The second-order valence-electron chi connectivity index (χ2n) is 7.70. The van der Waals surface area contributed by atoms with E-state index in [-0.39, 0.29) is 11.8 Å². The third-order valence-corrected chi connectivity index (χ3v) is 5.39. The van der Waals surface area contributed by atoms with Gasteiger partial charge in [-0.2, -0.15) is 0 Å². The maximum atomic E-state index is 13.1. The lowest BCUT2D eigenvalue weighted by atomic mass is 10.1. The van der Waals surface area contributed by atoms with Gasteiger partial charge < -0.3 is 10.2 Å². The Morgan fingerprint density at radius 1 is 0.742 bits per heavy atom. The van der Waals surface area contributed by atoms with Gasteiger partial charge >= 0.3 is 0 Å². The van der Waals surface area contributed by atoms with Crippen LogP contribution < -0.4 is 5.32 Å². The molecule has 3 aromatic carbocycles. The quantitative estimate of drug-likeness (QED) is 0.535. The molecule has 0 bridgehead atoms. The number of carbonyl (C=O) groups excluding carboxylic acids is 2. The van der Waals surface area contributed by atoms with Gasteiger partial charge in [0.25, 0.3) is 0 Å². The Labute approximate surface area is 184 Å². The molecule has 0 unspecified atom stereocenters. The van der Waals surface area contributed by atoms with E-state index in [1.54, 1.807) is 11.8 Å². The third-order valence-electron chi connectivity index (χ3n) is 5.39. The lowest BCUT2D eigenvalue weighted by molar-refractivity contribution is -0.140. The van der Waals surface area contributed by atoms with Gasteiger partial charge in [0.15, 0.2) is 0 Å². The molecule has 4 heteroatoms. The van der Waals surface area contributed by atoms with Crippen molar-refractivity contribution in [1.82, 2.24) is 10.2 Å². The SMILES string of the molecule is C[C@H](C(=O)NCCc1ccccc1)N(Cc1ccccc1)C(=O)CCc1ccccc1. The molecule has 31 heavy (non-hydrogen) atoms. The van der Waals surface area contributed by atoms with E-state index >= 15 is 0 Å². The van der Waals surface area contributed by atoms with Crippen molar-refractivity contribution in [2.75, 3.05) is 6.54 Å². The average Bonchev–Trinajstić information content (AvgIpc) is 2.82. The summed E-state index contributed by atoms with van der Waals surface area (Å²) in [7, 11) is 0. The molecule has 0 spiro atoms. The fourth-order valence-electron chi connectivity index (χ4n) is 3.52. The van der Waals surface area contributed by atoms with Crippen molar-refractivity contribution in [3.8, 4) is 0 Å². The van der Waals surface area contributed by atoms with Crippen molar-refractivity contribution >= 4 is 11.8 Å². The maximum absolute atomic E-state index is 13.1. The second-order valence-corrected chi connectivity index (χ2v) is 7.70. The van der Waals surface area contributed by atoms with Crippen molar-refractivity contribution < 1.29 is 9.59 Å². The Kier molecular flexibility index (Phi) is 8.41. The monoisotopic (exact) mass is 414 g/mol. The summed E-state index contributed by atoms with van der Waals surface area (Å²) < 4.78 is 0. The molecule has 0 aliphatic heterocycles.